The third-order valence-electron chi connectivity index (χ3n) is 2.61. The highest BCUT2D eigenvalue weighted by atomic mass is 33.1. The molecule has 2 nitrogen and oxygen atoms in total. The average Bonchev–Trinajstić information content (AvgIpc) is 2.25. The van der Waals surface area contributed by atoms with Gasteiger partial charge in [0.05, 0.1) is 6.04 Å². The molecule has 2 N–H and O–H groups in total. The first-order valence-corrected chi connectivity index (χ1v) is 9.03. The molecule has 0 aliphatic heterocycles. The van der Waals surface area contributed by atoms with Gasteiger partial charge in [0.2, 0.25) is 0 Å². The van der Waals surface area contributed by atoms with Crippen molar-refractivity contribution in [2.24, 2.45) is 11.7 Å². The molecule has 17 heavy (non-hydrogen) atoms. The summed E-state index contributed by atoms with van der Waals surface area (Å²) in [6.45, 7) is 6.13. The van der Waals surface area contributed by atoms with Crippen LogP contribution in [0.3, 0.4) is 0 Å². The number of ketones is 1. The summed E-state index contributed by atoms with van der Waals surface area (Å²) in [5, 5.41) is 0. The number of hydrogen-bond acceptors (Lipinski definition) is 4. The third-order valence-corrected chi connectivity index (χ3v) is 5.14. The minimum Gasteiger partial charge on any atom is -0.321 e. The maximum absolute atomic E-state index is 10.9. The molecule has 0 aliphatic rings. The zero-order valence-electron chi connectivity index (χ0n) is 11.4. The first-order chi connectivity index (χ1) is 8.04. The minimum absolute atomic E-state index is 0.0896. The molecule has 1 unspecified atom stereocenters. The molecule has 0 radical (unpaired) electrons. The van der Waals surface area contributed by atoms with Crippen molar-refractivity contribution in [2.75, 3.05) is 11.5 Å². The predicted molar refractivity (Wildman–Crippen MR) is 81.5 cm³/mol. The van der Waals surface area contributed by atoms with Crippen LogP contribution in [-0.2, 0) is 4.79 Å². The van der Waals surface area contributed by atoms with Crippen LogP contribution in [0.5, 0.6) is 0 Å². The summed E-state index contributed by atoms with van der Waals surface area (Å²) in [5.74, 6) is 2.85. The van der Waals surface area contributed by atoms with Crippen molar-refractivity contribution in [3.8, 4) is 0 Å². The molecule has 0 spiro atoms. The van der Waals surface area contributed by atoms with E-state index in [9.17, 15) is 4.79 Å². The Bertz CT molecular complexity index is 198. The summed E-state index contributed by atoms with van der Waals surface area (Å²) in [7, 11) is 3.58. The molecule has 1 atom stereocenters. The highest BCUT2D eigenvalue weighted by Gasteiger charge is 2.07. The highest BCUT2D eigenvalue weighted by Crippen LogP contribution is 2.23. The second kappa shape index (κ2) is 11.4. The van der Waals surface area contributed by atoms with Gasteiger partial charge in [-0.1, -0.05) is 61.1 Å². The molecule has 4 heteroatoms. The van der Waals surface area contributed by atoms with E-state index in [0.29, 0.717) is 0 Å². The van der Waals surface area contributed by atoms with Crippen molar-refractivity contribution < 1.29 is 4.79 Å². The molecule has 0 aromatic carbocycles. The molecule has 0 fully saturated rings. The van der Waals surface area contributed by atoms with Crippen molar-refractivity contribution in [1.82, 2.24) is 0 Å². The van der Waals surface area contributed by atoms with Gasteiger partial charge in [-0.3, -0.25) is 4.79 Å². The van der Waals surface area contributed by atoms with Gasteiger partial charge in [0.15, 0.2) is 0 Å². The fourth-order valence-corrected chi connectivity index (χ4v) is 3.72. The van der Waals surface area contributed by atoms with Crippen molar-refractivity contribution in [1.29, 1.82) is 0 Å². The summed E-state index contributed by atoms with van der Waals surface area (Å²) >= 11 is 0. The Balaban J connectivity index is 3.11. The van der Waals surface area contributed by atoms with Crippen LogP contribution in [0.25, 0.3) is 0 Å². The molecular weight excluding hydrogens is 250 g/mol. The number of carbonyl (C=O) groups is 1. The minimum atomic E-state index is -0.279. The standard InChI is InChI=1S/C13H27NOS2/c1-11(2)8-6-4-5-7-9-16-17-10-13(14)12(3)15/h11,13H,4-10,14H2,1-3H3. The Labute approximate surface area is 114 Å². The van der Waals surface area contributed by atoms with Crippen LogP contribution < -0.4 is 5.73 Å². The molecule has 0 aromatic rings. The van der Waals surface area contributed by atoms with Crippen LogP contribution in [0.1, 0.15) is 52.9 Å². The van der Waals surface area contributed by atoms with Crippen molar-refractivity contribution in [3.05, 3.63) is 0 Å². The summed E-state index contributed by atoms with van der Waals surface area (Å²) < 4.78 is 0. The van der Waals surface area contributed by atoms with Crippen LogP contribution in [0, 0.1) is 5.92 Å². The van der Waals surface area contributed by atoms with Gasteiger partial charge < -0.3 is 5.73 Å². The van der Waals surface area contributed by atoms with Crippen LogP contribution in [0.2, 0.25) is 0 Å². The molecule has 0 aromatic heterocycles. The molecule has 102 valence electrons. The quantitative estimate of drug-likeness (QED) is 0.459. The lowest BCUT2D eigenvalue weighted by Crippen LogP contribution is -2.30. The largest absolute Gasteiger partial charge is 0.321 e. The van der Waals surface area contributed by atoms with Crippen molar-refractivity contribution in [2.45, 2.75) is 58.9 Å². The molecule has 0 saturated heterocycles. The monoisotopic (exact) mass is 277 g/mol. The van der Waals surface area contributed by atoms with Gasteiger partial charge in [-0.05, 0) is 19.3 Å². The Hall–Kier alpha value is 0.330. The fourth-order valence-electron chi connectivity index (χ4n) is 1.36. The smallest absolute Gasteiger partial charge is 0.147 e. The molecule has 0 amide bonds. The zero-order valence-corrected chi connectivity index (χ0v) is 13.0. The van der Waals surface area contributed by atoms with Gasteiger partial charge in [-0.25, -0.2) is 0 Å². The lowest BCUT2D eigenvalue weighted by molar-refractivity contribution is -0.117. The molecular formula is C13H27NOS2. The van der Waals surface area contributed by atoms with Gasteiger partial charge in [-0.2, -0.15) is 0 Å². The van der Waals surface area contributed by atoms with Gasteiger partial charge in [0.25, 0.3) is 0 Å². The fraction of sp³-hybridized carbons (Fsp3) is 0.923. The van der Waals surface area contributed by atoms with E-state index in [1.807, 2.05) is 10.8 Å². The van der Waals surface area contributed by atoms with Crippen LogP contribution in [0.15, 0.2) is 0 Å². The number of Topliss-reactive ketones (excluding diaryl/α,β-unsaturated/α-hetero) is 1. The zero-order chi connectivity index (χ0) is 13.1. The van der Waals surface area contributed by atoms with Gasteiger partial charge in [0.1, 0.15) is 5.78 Å². The van der Waals surface area contributed by atoms with E-state index in [0.717, 1.165) is 11.7 Å². The molecule has 0 bridgehead atoms. The van der Waals surface area contributed by atoms with E-state index in [2.05, 4.69) is 13.8 Å². The van der Waals surface area contributed by atoms with E-state index in [1.165, 1.54) is 37.9 Å². The second-order valence-electron chi connectivity index (χ2n) is 4.92. The summed E-state index contributed by atoms with van der Waals surface area (Å²) in [4.78, 5) is 10.9. The SMILES string of the molecule is CC(=O)C(N)CSSCCCCCCC(C)C. The normalized spacial score (nSPS) is 13.0. The van der Waals surface area contributed by atoms with Crippen LogP contribution in [0.4, 0.5) is 0 Å². The lowest BCUT2D eigenvalue weighted by Gasteiger charge is -2.06. The Morgan fingerprint density at radius 1 is 1.12 bits per heavy atom. The third kappa shape index (κ3) is 12.6. The summed E-state index contributed by atoms with van der Waals surface area (Å²) in [6.07, 6.45) is 6.69. The first-order valence-electron chi connectivity index (χ1n) is 6.54. The summed E-state index contributed by atoms with van der Waals surface area (Å²) in [6, 6.07) is -0.279. The lowest BCUT2D eigenvalue weighted by atomic mass is 10.0. The number of rotatable bonds is 11. The van der Waals surface area contributed by atoms with E-state index < -0.39 is 0 Å². The topological polar surface area (TPSA) is 43.1 Å². The number of nitrogens with two attached hydrogens (primary N) is 1. The van der Waals surface area contributed by atoms with E-state index >= 15 is 0 Å². The summed E-state index contributed by atoms with van der Waals surface area (Å²) in [5.41, 5.74) is 5.64. The van der Waals surface area contributed by atoms with E-state index in [4.69, 9.17) is 5.73 Å². The maximum atomic E-state index is 10.9. The highest BCUT2D eigenvalue weighted by molar-refractivity contribution is 8.76. The number of hydrogen-bond donors (Lipinski definition) is 1. The molecule has 0 rings (SSSR count). The Morgan fingerprint density at radius 2 is 1.76 bits per heavy atom. The molecule has 0 heterocycles. The predicted octanol–water partition coefficient (Wildman–Crippen LogP) is 3.89. The Kier molecular flexibility index (Phi) is 11.6. The van der Waals surface area contributed by atoms with Crippen LogP contribution in [-0.4, -0.2) is 23.3 Å². The second-order valence-corrected chi connectivity index (χ2v) is 7.55. The van der Waals surface area contributed by atoms with Crippen molar-refractivity contribution in [3.63, 3.8) is 0 Å². The average molecular weight is 277 g/mol. The number of unbranched alkanes of at least 4 members (excludes halogenated alkanes) is 3. The Morgan fingerprint density at radius 3 is 2.35 bits per heavy atom. The van der Waals surface area contributed by atoms with Crippen molar-refractivity contribution >= 4 is 27.4 Å². The van der Waals surface area contributed by atoms with Crippen LogP contribution >= 0.6 is 21.6 Å². The molecule has 0 aliphatic carbocycles. The van der Waals surface area contributed by atoms with Gasteiger partial charge in [0, 0.05) is 11.5 Å². The maximum Gasteiger partial charge on any atom is 0.147 e. The van der Waals surface area contributed by atoms with Gasteiger partial charge >= 0.3 is 0 Å². The first kappa shape index (κ1) is 17.3. The van der Waals surface area contributed by atoms with E-state index in [1.54, 1.807) is 17.7 Å². The van der Waals surface area contributed by atoms with E-state index in [-0.39, 0.29) is 11.8 Å². The van der Waals surface area contributed by atoms with Gasteiger partial charge in [-0.15, -0.1) is 0 Å². The number of carbonyl (C=O) groups excluding carboxylic acids is 1. The molecule has 0 saturated carbocycles.